The molecule has 1 aromatic carbocycles. The largest absolute Gasteiger partial charge is 0.346 e. The fourth-order valence-corrected chi connectivity index (χ4v) is 4.23. The first kappa shape index (κ1) is 21.0. The van der Waals surface area contributed by atoms with Gasteiger partial charge in [0, 0.05) is 20.6 Å². The van der Waals surface area contributed by atoms with Gasteiger partial charge in [0.25, 0.3) is 5.56 Å². The normalized spacial score (nSPS) is 15.8. The predicted octanol–water partition coefficient (Wildman–Crippen LogP) is 0.777. The molecule has 1 saturated heterocycles. The van der Waals surface area contributed by atoms with Gasteiger partial charge >= 0.3 is 5.69 Å². The molecule has 1 N–H and O–H groups in total. The Balaban J connectivity index is 1.57. The van der Waals surface area contributed by atoms with Crippen molar-refractivity contribution in [2.24, 2.45) is 14.1 Å². The minimum atomic E-state index is -0.462. The Kier molecular flexibility index (Phi) is 6.03. The van der Waals surface area contributed by atoms with Gasteiger partial charge in [-0.3, -0.25) is 18.7 Å². The van der Waals surface area contributed by atoms with E-state index in [-0.39, 0.29) is 29.7 Å². The summed E-state index contributed by atoms with van der Waals surface area (Å²) >= 11 is 0. The SMILES string of the molecule is Cn1c(=O)c2c(ncn2CC(=O)NC(CN2CCCCC2)c2ccccc2)n(C)c1=O. The zero-order valence-electron chi connectivity index (χ0n) is 18.0. The lowest BCUT2D eigenvalue weighted by atomic mass is 10.0. The highest BCUT2D eigenvalue weighted by Crippen LogP contribution is 2.18. The number of aryl methyl sites for hydroxylation is 1. The second-order valence-electron chi connectivity index (χ2n) is 8.14. The van der Waals surface area contributed by atoms with Crippen LogP contribution in [0.3, 0.4) is 0 Å². The topological polar surface area (TPSA) is 94.2 Å². The first-order valence-corrected chi connectivity index (χ1v) is 10.6. The molecule has 0 bridgehead atoms. The molecule has 3 aromatic rings. The van der Waals surface area contributed by atoms with Gasteiger partial charge in [-0.1, -0.05) is 36.8 Å². The molecule has 3 heterocycles. The number of imidazole rings is 1. The van der Waals surface area contributed by atoms with E-state index in [1.807, 2.05) is 30.3 Å². The molecule has 31 heavy (non-hydrogen) atoms. The summed E-state index contributed by atoms with van der Waals surface area (Å²) in [7, 11) is 2.98. The highest BCUT2D eigenvalue weighted by atomic mass is 16.2. The number of carbonyl (C=O) groups excluding carboxylic acids is 1. The number of benzene rings is 1. The van der Waals surface area contributed by atoms with E-state index in [0.717, 1.165) is 29.8 Å². The van der Waals surface area contributed by atoms with E-state index in [2.05, 4.69) is 15.2 Å². The maximum Gasteiger partial charge on any atom is 0.332 e. The van der Waals surface area contributed by atoms with Crippen LogP contribution in [-0.2, 0) is 25.4 Å². The number of aromatic nitrogens is 4. The van der Waals surface area contributed by atoms with Crippen LogP contribution < -0.4 is 16.6 Å². The summed E-state index contributed by atoms with van der Waals surface area (Å²) in [5.74, 6) is -0.207. The average Bonchev–Trinajstić information content (AvgIpc) is 3.20. The summed E-state index contributed by atoms with van der Waals surface area (Å²) in [6, 6.07) is 9.80. The number of rotatable bonds is 6. The number of likely N-dealkylation sites (tertiary alicyclic amines) is 1. The Morgan fingerprint density at radius 2 is 1.77 bits per heavy atom. The highest BCUT2D eigenvalue weighted by Gasteiger charge is 2.21. The minimum absolute atomic E-state index is 0.0483. The van der Waals surface area contributed by atoms with Gasteiger partial charge in [0.1, 0.15) is 6.54 Å². The van der Waals surface area contributed by atoms with Crippen molar-refractivity contribution < 1.29 is 4.79 Å². The number of amides is 1. The second-order valence-corrected chi connectivity index (χ2v) is 8.14. The summed E-state index contributed by atoms with van der Waals surface area (Å²) in [6.45, 7) is 2.77. The third kappa shape index (κ3) is 4.32. The molecular weight excluding hydrogens is 396 g/mol. The van der Waals surface area contributed by atoms with Gasteiger partial charge in [-0.2, -0.15) is 0 Å². The number of nitrogens with one attached hydrogen (secondary N) is 1. The van der Waals surface area contributed by atoms with Crippen molar-refractivity contribution in [3.63, 3.8) is 0 Å². The standard InChI is InChI=1S/C22H28N6O3/c1-25-20-19(21(30)26(2)22(25)31)28(15-23-20)14-18(29)24-17(16-9-5-3-6-10-16)13-27-11-7-4-8-12-27/h3,5-6,9-10,15,17H,4,7-8,11-14H2,1-2H3,(H,24,29). The Bertz CT molecular complexity index is 1190. The molecule has 1 aliphatic heterocycles. The van der Waals surface area contributed by atoms with Crippen LogP contribution in [0.2, 0.25) is 0 Å². The first-order chi connectivity index (χ1) is 15.0. The zero-order valence-corrected chi connectivity index (χ0v) is 18.0. The molecule has 1 aliphatic rings. The van der Waals surface area contributed by atoms with Crippen LogP contribution in [0.4, 0.5) is 0 Å². The predicted molar refractivity (Wildman–Crippen MR) is 118 cm³/mol. The quantitative estimate of drug-likeness (QED) is 0.631. The average molecular weight is 425 g/mol. The number of nitrogens with zero attached hydrogens (tertiary/aromatic N) is 5. The first-order valence-electron chi connectivity index (χ1n) is 10.6. The summed E-state index contributed by atoms with van der Waals surface area (Å²) in [4.78, 5) is 44.3. The van der Waals surface area contributed by atoms with E-state index >= 15 is 0 Å². The molecule has 0 aliphatic carbocycles. The van der Waals surface area contributed by atoms with E-state index in [9.17, 15) is 14.4 Å². The summed E-state index contributed by atoms with van der Waals surface area (Å²) in [5.41, 5.74) is 0.658. The lowest BCUT2D eigenvalue weighted by molar-refractivity contribution is -0.122. The Morgan fingerprint density at radius 3 is 2.48 bits per heavy atom. The van der Waals surface area contributed by atoms with Gasteiger partial charge in [0.2, 0.25) is 5.91 Å². The summed E-state index contributed by atoms with van der Waals surface area (Å²) < 4.78 is 3.85. The van der Waals surface area contributed by atoms with Crippen molar-refractivity contribution in [1.29, 1.82) is 0 Å². The Morgan fingerprint density at radius 1 is 1.06 bits per heavy atom. The maximum absolute atomic E-state index is 13.0. The molecule has 0 saturated carbocycles. The van der Waals surface area contributed by atoms with Crippen molar-refractivity contribution >= 4 is 17.1 Å². The molecule has 0 radical (unpaired) electrons. The fourth-order valence-electron chi connectivity index (χ4n) is 4.23. The van der Waals surface area contributed by atoms with Crippen molar-refractivity contribution in [3.05, 3.63) is 63.1 Å². The number of hydrogen-bond acceptors (Lipinski definition) is 5. The van der Waals surface area contributed by atoms with Crippen molar-refractivity contribution in [2.75, 3.05) is 19.6 Å². The van der Waals surface area contributed by atoms with Crippen LogP contribution >= 0.6 is 0 Å². The van der Waals surface area contributed by atoms with Crippen molar-refractivity contribution in [3.8, 4) is 0 Å². The smallest absolute Gasteiger partial charge is 0.332 e. The second kappa shape index (κ2) is 8.89. The monoisotopic (exact) mass is 424 g/mol. The summed E-state index contributed by atoms with van der Waals surface area (Å²) in [6.07, 6.45) is 5.05. The molecule has 1 fully saturated rings. The van der Waals surface area contributed by atoms with Gasteiger partial charge < -0.3 is 14.8 Å². The lowest BCUT2D eigenvalue weighted by Crippen LogP contribution is -2.41. The summed E-state index contributed by atoms with van der Waals surface area (Å²) in [5, 5.41) is 3.14. The van der Waals surface area contributed by atoms with Crippen LogP contribution in [0.5, 0.6) is 0 Å². The van der Waals surface area contributed by atoms with Crippen LogP contribution in [0.25, 0.3) is 11.2 Å². The fraction of sp³-hybridized carbons (Fsp3) is 0.455. The lowest BCUT2D eigenvalue weighted by Gasteiger charge is -2.31. The van der Waals surface area contributed by atoms with Gasteiger partial charge in [-0.25, -0.2) is 9.78 Å². The molecule has 0 spiro atoms. The van der Waals surface area contributed by atoms with Crippen molar-refractivity contribution in [2.45, 2.75) is 31.8 Å². The van der Waals surface area contributed by atoms with Crippen LogP contribution in [-0.4, -0.2) is 49.1 Å². The van der Waals surface area contributed by atoms with Gasteiger partial charge in [-0.05, 0) is 31.5 Å². The third-order valence-corrected chi connectivity index (χ3v) is 5.96. The third-order valence-electron chi connectivity index (χ3n) is 5.96. The Hall–Kier alpha value is -3.20. The van der Waals surface area contributed by atoms with Gasteiger partial charge in [0.15, 0.2) is 11.2 Å². The molecule has 1 unspecified atom stereocenters. The molecule has 164 valence electrons. The highest BCUT2D eigenvalue weighted by molar-refractivity contribution is 5.79. The van der Waals surface area contributed by atoms with Crippen LogP contribution in [0, 0.1) is 0 Å². The molecule has 1 amide bonds. The van der Waals surface area contributed by atoms with Crippen LogP contribution in [0.15, 0.2) is 46.2 Å². The Labute approximate surface area is 179 Å². The van der Waals surface area contributed by atoms with Gasteiger partial charge in [-0.15, -0.1) is 0 Å². The number of carbonyl (C=O) groups is 1. The molecule has 2 aromatic heterocycles. The molecule has 9 nitrogen and oxygen atoms in total. The van der Waals surface area contributed by atoms with E-state index in [4.69, 9.17) is 0 Å². The number of fused-ring (bicyclic) bond motifs is 1. The molecule has 1 atom stereocenters. The van der Waals surface area contributed by atoms with E-state index in [1.54, 1.807) is 7.05 Å². The number of hydrogen-bond donors (Lipinski definition) is 1. The van der Waals surface area contributed by atoms with Crippen LogP contribution in [0.1, 0.15) is 30.9 Å². The molecular formula is C22H28N6O3. The van der Waals surface area contributed by atoms with E-state index in [0.29, 0.717) is 0 Å². The number of piperidine rings is 1. The molecule has 9 heteroatoms. The van der Waals surface area contributed by atoms with E-state index < -0.39 is 11.2 Å². The minimum Gasteiger partial charge on any atom is -0.346 e. The zero-order chi connectivity index (χ0) is 22.0. The van der Waals surface area contributed by atoms with E-state index in [1.165, 1.54) is 41.8 Å². The van der Waals surface area contributed by atoms with Gasteiger partial charge in [0.05, 0.1) is 12.4 Å². The molecule has 4 rings (SSSR count). The maximum atomic E-state index is 13.0. The van der Waals surface area contributed by atoms with Crippen molar-refractivity contribution in [1.82, 2.24) is 28.9 Å².